The highest BCUT2D eigenvalue weighted by molar-refractivity contribution is 5.90. The first-order chi connectivity index (χ1) is 10.1. The molecular formula is C18H29NO2. The minimum absolute atomic E-state index is 0.284. The predicted molar refractivity (Wildman–Crippen MR) is 89.0 cm³/mol. The fourth-order valence-corrected chi connectivity index (χ4v) is 2.46. The van der Waals surface area contributed by atoms with Crippen LogP contribution < -0.4 is 5.32 Å². The molecule has 118 valence electrons. The summed E-state index contributed by atoms with van der Waals surface area (Å²) in [7, 11) is 1.41. The van der Waals surface area contributed by atoms with Gasteiger partial charge in [-0.15, -0.1) is 0 Å². The summed E-state index contributed by atoms with van der Waals surface area (Å²) in [6.45, 7) is 6.47. The van der Waals surface area contributed by atoms with Gasteiger partial charge in [0.05, 0.1) is 12.7 Å². The van der Waals surface area contributed by atoms with E-state index in [2.05, 4.69) is 19.2 Å². The summed E-state index contributed by atoms with van der Waals surface area (Å²) >= 11 is 0. The molecule has 0 radical (unpaired) electrons. The van der Waals surface area contributed by atoms with Gasteiger partial charge in [0, 0.05) is 11.7 Å². The van der Waals surface area contributed by atoms with Crippen LogP contribution in [0.1, 0.15) is 68.3 Å². The number of methoxy groups -OCH3 is 1. The van der Waals surface area contributed by atoms with Crippen LogP contribution in [0.4, 0.5) is 5.69 Å². The van der Waals surface area contributed by atoms with Crippen molar-refractivity contribution in [2.75, 3.05) is 12.4 Å². The fourth-order valence-electron chi connectivity index (χ4n) is 2.46. The molecule has 1 N–H and O–H groups in total. The topological polar surface area (TPSA) is 38.3 Å². The lowest BCUT2D eigenvalue weighted by molar-refractivity contribution is 0.0600. The van der Waals surface area contributed by atoms with Gasteiger partial charge in [-0.3, -0.25) is 0 Å². The second-order valence-corrected chi connectivity index (χ2v) is 5.77. The number of esters is 1. The molecule has 0 heterocycles. The van der Waals surface area contributed by atoms with Crippen LogP contribution in [-0.2, 0) is 4.74 Å². The van der Waals surface area contributed by atoms with Crippen molar-refractivity contribution >= 4 is 11.7 Å². The quantitative estimate of drug-likeness (QED) is 0.517. The van der Waals surface area contributed by atoms with Gasteiger partial charge in [-0.25, -0.2) is 4.79 Å². The molecule has 0 aliphatic carbocycles. The number of nitrogens with one attached hydrogen (secondary N) is 1. The van der Waals surface area contributed by atoms with Crippen molar-refractivity contribution < 1.29 is 9.53 Å². The van der Waals surface area contributed by atoms with Gasteiger partial charge in [0.15, 0.2) is 0 Å². The van der Waals surface area contributed by atoms with E-state index in [4.69, 9.17) is 4.74 Å². The summed E-state index contributed by atoms with van der Waals surface area (Å²) in [5, 5.41) is 3.53. The average molecular weight is 291 g/mol. The number of rotatable bonds is 9. The van der Waals surface area contributed by atoms with Crippen LogP contribution in [0, 0.1) is 6.92 Å². The molecule has 0 fully saturated rings. The second-order valence-electron chi connectivity index (χ2n) is 5.77. The predicted octanol–water partition coefficient (Wildman–Crippen LogP) is 4.94. The molecule has 0 saturated carbocycles. The Bertz CT molecular complexity index is 443. The molecule has 0 aliphatic rings. The summed E-state index contributed by atoms with van der Waals surface area (Å²) in [5.74, 6) is -0.284. The first-order valence-corrected chi connectivity index (χ1v) is 8.04. The molecule has 1 unspecified atom stereocenters. The molecule has 0 amide bonds. The summed E-state index contributed by atoms with van der Waals surface area (Å²) < 4.78 is 4.74. The van der Waals surface area contributed by atoms with Gasteiger partial charge in [0.25, 0.3) is 0 Å². The largest absolute Gasteiger partial charge is 0.465 e. The van der Waals surface area contributed by atoms with Gasteiger partial charge >= 0.3 is 5.97 Å². The van der Waals surface area contributed by atoms with Crippen molar-refractivity contribution in [1.82, 2.24) is 0 Å². The molecule has 21 heavy (non-hydrogen) atoms. The summed E-state index contributed by atoms with van der Waals surface area (Å²) in [4.78, 5) is 11.5. The van der Waals surface area contributed by atoms with Gasteiger partial charge in [-0.2, -0.15) is 0 Å². The molecule has 1 aromatic rings. The lowest BCUT2D eigenvalue weighted by Crippen LogP contribution is -2.16. The third kappa shape index (κ3) is 6.19. The third-order valence-electron chi connectivity index (χ3n) is 3.79. The van der Waals surface area contributed by atoms with E-state index >= 15 is 0 Å². The van der Waals surface area contributed by atoms with Gasteiger partial charge in [0.1, 0.15) is 0 Å². The smallest absolute Gasteiger partial charge is 0.337 e. The van der Waals surface area contributed by atoms with Gasteiger partial charge in [-0.05, 0) is 44.0 Å². The Hall–Kier alpha value is -1.51. The number of benzene rings is 1. The number of carbonyl (C=O) groups is 1. The highest BCUT2D eigenvalue weighted by Gasteiger charge is 2.09. The van der Waals surface area contributed by atoms with E-state index in [0.717, 1.165) is 11.3 Å². The SMILES string of the molecule is CCCCCCCC(C)Nc1ccc(C(=O)OC)cc1C. The molecule has 0 bridgehead atoms. The second kappa shape index (κ2) is 9.43. The number of anilines is 1. The van der Waals surface area contributed by atoms with E-state index in [9.17, 15) is 4.79 Å². The summed E-state index contributed by atoms with van der Waals surface area (Å²) in [6.07, 6.45) is 7.75. The maximum absolute atomic E-state index is 11.5. The molecule has 0 saturated heterocycles. The molecular weight excluding hydrogens is 262 g/mol. The molecule has 1 rings (SSSR count). The van der Waals surface area contributed by atoms with Crippen LogP contribution >= 0.6 is 0 Å². The lowest BCUT2D eigenvalue weighted by atomic mass is 10.1. The summed E-state index contributed by atoms with van der Waals surface area (Å²) in [6, 6.07) is 6.11. The maximum Gasteiger partial charge on any atom is 0.337 e. The lowest BCUT2D eigenvalue weighted by Gasteiger charge is -2.17. The van der Waals surface area contributed by atoms with Crippen molar-refractivity contribution in [2.45, 2.75) is 65.3 Å². The van der Waals surface area contributed by atoms with Crippen molar-refractivity contribution in [1.29, 1.82) is 0 Å². The van der Waals surface area contributed by atoms with Crippen molar-refractivity contribution in [3.05, 3.63) is 29.3 Å². The third-order valence-corrected chi connectivity index (χ3v) is 3.79. The molecule has 1 atom stereocenters. The molecule has 0 aliphatic heterocycles. The fraction of sp³-hybridized carbons (Fsp3) is 0.611. The van der Waals surface area contributed by atoms with Crippen molar-refractivity contribution in [3.8, 4) is 0 Å². The summed E-state index contributed by atoms with van der Waals surface area (Å²) in [5.41, 5.74) is 2.78. The van der Waals surface area contributed by atoms with Crippen LogP contribution in [0.15, 0.2) is 18.2 Å². The number of carbonyl (C=O) groups excluding carboxylic acids is 1. The molecule has 3 nitrogen and oxygen atoms in total. The first kappa shape index (κ1) is 17.5. The number of hydrogen-bond donors (Lipinski definition) is 1. The maximum atomic E-state index is 11.5. The van der Waals surface area contributed by atoms with E-state index in [0.29, 0.717) is 11.6 Å². The zero-order chi connectivity index (χ0) is 15.7. The van der Waals surface area contributed by atoms with Crippen LogP contribution in [0.2, 0.25) is 0 Å². The van der Waals surface area contributed by atoms with Crippen LogP contribution in [0.5, 0.6) is 0 Å². The minimum atomic E-state index is -0.284. The highest BCUT2D eigenvalue weighted by atomic mass is 16.5. The van der Waals surface area contributed by atoms with E-state index in [1.165, 1.54) is 45.6 Å². The van der Waals surface area contributed by atoms with Crippen LogP contribution in [-0.4, -0.2) is 19.1 Å². The van der Waals surface area contributed by atoms with Gasteiger partial charge < -0.3 is 10.1 Å². The Morgan fingerprint density at radius 1 is 1.24 bits per heavy atom. The Kier molecular flexibility index (Phi) is 7.88. The molecule has 0 aromatic heterocycles. The van der Waals surface area contributed by atoms with Crippen LogP contribution in [0.25, 0.3) is 0 Å². The Morgan fingerprint density at radius 2 is 1.95 bits per heavy atom. The van der Waals surface area contributed by atoms with Crippen LogP contribution in [0.3, 0.4) is 0 Å². The van der Waals surface area contributed by atoms with Gasteiger partial charge in [-0.1, -0.05) is 39.0 Å². The number of ether oxygens (including phenoxy) is 1. The number of hydrogen-bond acceptors (Lipinski definition) is 3. The van der Waals surface area contributed by atoms with Crippen molar-refractivity contribution in [3.63, 3.8) is 0 Å². The first-order valence-electron chi connectivity index (χ1n) is 8.04. The van der Waals surface area contributed by atoms with Gasteiger partial charge in [0.2, 0.25) is 0 Å². The normalized spacial score (nSPS) is 12.0. The van der Waals surface area contributed by atoms with E-state index in [1.807, 2.05) is 25.1 Å². The van der Waals surface area contributed by atoms with Crippen molar-refractivity contribution in [2.24, 2.45) is 0 Å². The molecule has 0 spiro atoms. The average Bonchev–Trinajstić information content (AvgIpc) is 2.48. The highest BCUT2D eigenvalue weighted by Crippen LogP contribution is 2.19. The van der Waals surface area contributed by atoms with E-state index < -0.39 is 0 Å². The zero-order valence-corrected chi connectivity index (χ0v) is 13.9. The number of aryl methyl sites for hydroxylation is 1. The standard InChI is InChI=1S/C18H29NO2/c1-5-6-7-8-9-10-15(3)19-17-12-11-16(13-14(17)2)18(20)21-4/h11-13,15,19H,5-10H2,1-4H3. The Morgan fingerprint density at radius 3 is 2.57 bits per heavy atom. The van der Waals surface area contributed by atoms with E-state index in [1.54, 1.807) is 0 Å². The zero-order valence-electron chi connectivity index (χ0n) is 13.9. The molecule has 3 heteroatoms. The Labute approximate surface area is 129 Å². The Balaban J connectivity index is 2.45. The monoisotopic (exact) mass is 291 g/mol. The number of unbranched alkanes of at least 4 members (excludes halogenated alkanes) is 4. The minimum Gasteiger partial charge on any atom is -0.465 e. The van der Waals surface area contributed by atoms with E-state index in [-0.39, 0.29) is 5.97 Å². The molecule has 1 aromatic carbocycles.